The van der Waals surface area contributed by atoms with Gasteiger partial charge in [-0.3, -0.25) is 0 Å². The minimum absolute atomic E-state index is 0.491. The highest BCUT2D eigenvalue weighted by molar-refractivity contribution is 5.40. The summed E-state index contributed by atoms with van der Waals surface area (Å²) in [5.41, 5.74) is 1.95. The molecule has 11 heavy (non-hydrogen) atoms. The van der Waals surface area contributed by atoms with Crippen molar-refractivity contribution in [2.45, 2.75) is 20.3 Å². The van der Waals surface area contributed by atoms with Crippen LogP contribution in [0.4, 0.5) is 0 Å². The number of rotatable bonds is 1. The highest BCUT2D eigenvalue weighted by atomic mass is 16.1. The standard InChI is InChI=1S/C9H11NO/c1-7-3-4-8(2)9(5-7)10-6-11/h3-4,7H,5H2,1-2H3. The Kier molecular flexibility index (Phi) is 2.40. The fraction of sp³-hybridized carbons (Fsp3) is 0.444. The van der Waals surface area contributed by atoms with Crippen LogP contribution in [0.25, 0.3) is 0 Å². The molecule has 1 atom stereocenters. The van der Waals surface area contributed by atoms with Crippen LogP contribution in [-0.4, -0.2) is 6.08 Å². The SMILES string of the molecule is CC1=C(N=C=O)CC(C)C=C1. The van der Waals surface area contributed by atoms with Crippen molar-refractivity contribution in [2.24, 2.45) is 10.9 Å². The fourth-order valence-corrected chi connectivity index (χ4v) is 1.13. The molecule has 0 saturated carbocycles. The fourth-order valence-electron chi connectivity index (χ4n) is 1.13. The van der Waals surface area contributed by atoms with E-state index in [9.17, 15) is 4.79 Å². The summed E-state index contributed by atoms with van der Waals surface area (Å²) in [5, 5.41) is 0. The molecule has 58 valence electrons. The molecule has 0 N–H and O–H groups in total. The molecule has 0 amide bonds. The first-order chi connectivity index (χ1) is 5.24. The predicted octanol–water partition coefficient (Wildman–Crippen LogP) is 2.19. The first-order valence-corrected chi connectivity index (χ1v) is 3.70. The molecule has 0 aromatic rings. The van der Waals surface area contributed by atoms with Gasteiger partial charge in [0.15, 0.2) is 0 Å². The van der Waals surface area contributed by atoms with Crippen molar-refractivity contribution in [1.82, 2.24) is 0 Å². The summed E-state index contributed by atoms with van der Waals surface area (Å²) in [6.07, 6.45) is 6.56. The molecule has 1 unspecified atom stereocenters. The second-order valence-corrected chi connectivity index (χ2v) is 2.87. The van der Waals surface area contributed by atoms with Gasteiger partial charge in [0.25, 0.3) is 0 Å². The molecule has 1 aliphatic carbocycles. The molecule has 2 heteroatoms. The Bertz CT molecular complexity index is 257. The van der Waals surface area contributed by atoms with Gasteiger partial charge in [0.2, 0.25) is 6.08 Å². The van der Waals surface area contributed by atoms with E-state index in [-0.39, 0.29) is 0 Å². The lowest BCUT2D eigenvalue weighted by molar-refractivity contribution is 0.563. The van der Waals surface area contributed by atoms with Crippen LogP contribution in [-0.2, 0) is 4.79 Å². The Balaban J connectivity index is 2.89. The van der Waals surface area contributed by atoms with Gasteiger partial charge in [0.1, 0.15) is 0 Å². The van der Waals surface area contributed by atoms with E-state index in [4.69, 9.17) is 0 Å². The van der Waals surface area contributed by atoms with E-state index >= 15 is 0 Å². The van der Waals surface area contributed by atoms with Crippen molar-refractivity contribution in [2.75, 3.05) is 0 Å². The van der Waals surface area contributed by atoms with Crippen LogP contribution in [0.2, 0.25) is 0 Å². The normalized spacial score (nSPS) is 23.3. The van der Waals surface area contributed by atoms with Crippen molar-refractivity contribution < 1.29 is 4.79 Å². The molecular weight excluding hydrogens is 138 g/mol. The Morgan fingerprint density at radius 2 is 2.45 bits per heavy atom. The van der Waals surface area contributed by atoms with E-state index in [1.54, 1.807) is 6.08 Å². The van der Waals surface area contributed by atoms with Gasteiger partial charge in [0, 0.05) is 0 Å². The average Bonchev–Trinajstić information content (AvgIpc) is 1.98. The molecule has 2 nitrogen and oxygen atoms in total. The number of carbonyl (C=O) groups excluding carboxylic acids is 1. The lowest BCUT2D eigenvalue weighted by atomic mass is 9.96. The average molecular weight is 149 g/mol. The lowest BCUT2D eigenvalue weighted by Crippen LogP contribution is -1.98. The molecule has 0 fully saturated rings. The number of hydrogen-bond donors (Lipinski definition) is 0. The van der Waals surface area contributed by atoms with Gasteiger partial charge in [-0.05, 0) is 24.8 Å². The summed E-state index contributed by atoms with van der Waals surface area (Å²) in [5.74, 6) is 0.491. The third-order valence-electron chi connectivity index (χ3n) is 1.83. The number of allylic oxidation sites excluding steroid dienone is 4. The zero-order valence-electron chi connectivity index (χ0n) is 6.79. The summed E-state index contributed by atoms with van der Waals surface area (Å²) < 4.78 is 0. The van der Waals surface area contributed by atoms with Crippen LogP contribution in [0.1, 0.15) is 20.3 Å². The van der Waals surface area contributed by atoms with Gasteiger partial charge in [-0.25, -0.2) is 4.79 Å². The number of isocyanates is 1. The van der Waals surface area contributed by atoms with Crippen LogP contribution in [0.5, 0.6) is 0 Å². The smallest absolute Gasteiger partial charge is 0.211 e. The lowest BCUT2D eigenvalue weighted by Gasteiger charge is -2.12. The number of hydrogen-bond acceptors (Lipinski definition) is 2. The molecular formula is C9H11NO. The molecule has 0 bridgehead atoms. The first kappa shape index (κ1) is 7.96. The van der Waals surface area contributed by atoms with Crippen molar-refractivity contribution in [3.05, 3.63) is 23.4 Å². The van der Waals surface area contributed by atoms with Gasteiger partial charge in [-0.2, -0.15) is 4.99 Å². The van der Waals surface area contributed by atoms with Crippen molar-refractivity contribution in [1.29, 1.82) is 0 Å². The van der Waals surface area contributed by atoms with E-state index in [1.807, 2.05) is 13.0 Å². The minimum Gasteiger partial charge on any atom is -0.211 e. The van der Waals surface area contributed by atoms with E-state index in [1.165, 1.54) is 0 Å². The Hall–Kier alpha value is -1.14. The van der Waals surface area contributed by atoms with Gasteiger partial charge >= 0.3 is 0 Å². The van der Waals surface area contributed by atoms with E-state index < -0.39 is 0 Å². The van der Waals surface area contributed by atoms with Crippen molar-refractivity contribution >= 4 is 6.08 Å². The zero-order chi connectivity index (χ0) is 8.27. The highest BCUT2D eigenvalue weighted by Gasteiger charge is 2.08. The molecule has 0 heterocycles. The number of aliphatic imine (C=N–C) groups is 1. The topological polar surface area (TPSA) is 29.4 Å². The van der Waals surface area contributed by atoms with E-state index in [2.05, 4.69) is 18.0 Å². The van der Waals surface area contributed by atoms with Crippen LogP contribution >= 0.6 is 0 Å². The third-order valence-corrected chi connectivity index (χ3v) is 1.83. The second kappa shape index (κ2) is 3.31. The molecule has 1 aliphatic rings. The van der Waals surface area contributed by atoms with Gasteiger partial charge in [0.05, 0.1) is 5.70 Å². The summed E-state index contributed by atoms with van der Waals surface area (Å²) >= 11 is 0. The summed E-state index contributed by atoms with van der Waals surface area (Å²) in [6.45, 7) is 4.06. The maximum atomic E-state index is 9.98. The number of nitrogens with zero attached hydrogens (tertiary/aromatic N) is 1. The van der Waals surface area contributed by atoms with Crippen LogP contribution in [0.15, 0.2) is 28.4 Å². The van der Waals surface area contributed by atoms with Crippen LogP contribution < -0.4 is 0 Å². The van der Waals surface area contributed by atoms with Gasteiger partial charge in [-0.15, -0.1) is 0 Å². The summed E-state index contributed by atoms with van der Waals surface area (Å²) in [7, 11) is 0. The molecule has 0 aliphatic heterocycles. The molecule has 0 saturated heterocycles. The molecule has 0 aromatic carbocycles. The maximum absolute atomic E-state index is 9.98. The Labute approximate surface area is 66.3 Å². The second-order valence-electron chi connectivity index (χ2n) is 2.87. The van der Waals surface area contributed by atoms with Gasteiger partial charge < -0.3 is 0 Å². The molecule has 0 radical (unpaired) electrons. The maximum Gasteiger partial charge on any atom is 0.240 e. The van der Waals surface area contributed by atoms with Crippen LogP contribution in [0, 0.1) is 5.92 Å². The van der Waals surface area contributed by atoms with Crippen molar-refractivity contribution in [3.63, 3.8) is 0 Å². The van der Waals surface area contributed by atoms with E-state index in [0.717, 1.165) is 17.7 Å². The molecule has 1 rings (SSSR count). The first-order valence-electron chi connectivity index (χ1n) is 3.70. The Morgan fingerprint density at radius 3 is 3.09 bits per heavy atom. The largest absolute Gasteiger partial charge is 0.240 e. The van der Waals surface area contributed by atoms with Crippen molar-refractivity contribution in [3.8, 4) is 0 Å². The molecule has 0 aromatic heterocycles. The van der Waals surface area contributed by atoms with Crippen LogP contribution in [0.3, 0.4) is 0 Å². The minimum atomic E-state index is 0.491. The summed E-state index contributed by atoms with van der Waals surface area (Å²) in [6, 6.07) is 0. The van der Waals surface area contributed by atoms with E-state index in [0.29, 0.717) is 5.92 Å². The monoisotopic (exact) mass is 149 g/mol. The van der Waals surface area contributed by atoms with Gasteiger partial charge in [-0.1, -0.05) is 19.1 Å². The zero-order valence-corrected chi connectivity index (χ0v) is 6.79. The highest BCUT2D eigenvalue weighted by Crippen LogP contribution is 2.23. The summed E-state index contributed by atoms with van der Waals surface area (Å²) in [4.78, 5) is 13.6. The third kappa shape index (κ3) is 1.89. The Morgan fingerprint density at radius 1 is 1.73 bits per heavy atom. The predicted molar refractivity (Wildman–Crippen MR) is 43.7 cm³/mol. The molecule has 0 spiro atoms. The quantitative estimate of drug-likeness (QED) is 0.415.